The summed E-state index contributed by atoms with van der Waals surface area (Å²) in [6.45, 7) is 12.3. The number of hydrogen-bond donors (Lipinski definition) is 2. The summed E-state index contributed by atoms with van der Waals surface area (Å²) < 4.78 is 0. The third kappa shape index (κ3) is 2.88. The molecule has 1 rings (SSSR count). The molecule has 0 heterocycles. The molecule has 1 aliphatic carbocycles. The van der Waals surface area contributed by atoms with Gasteiger partial charge in [0.05, 0.1) is 11.4 Å². The Kier molecular flexibility index (Phi) is 5.20. The predicted octanol–water partition coefficient (Wildman–Crippen LogP) is 3.07. The highest BCUT2D eigenvalue weighted by Crippen LogP contribution is 2.26. The molecule has 2 heteroatoms. The van der Waals surface area contributed by atoms with Crippen molar-refractivity contribution in [3.8, 4) is 0 Å². The van der Waals surface area contributed by atoms with E-state index in [1.165, 1.54) is 5.57 Å². The topological polar surface area (TPSA) is 52.0 Å². The van der Waals surface area contributed by atoms with Crippen LogP contribution in [0, 0.1) is 5.92 Å². The average Bonchev–Trinajstić information content (AvgIpc) is 2.31. The summed E-state index contributed by atoms with van der Waals surface area (Å²) in [6.07, 6.45) is 2.21. The minimum Gasteiger partial charge on any atom is -0.397 e. The Hall–Kier alpha value is -1.18. The van der Waals surface area contributed by atoms with Gasteiger partial charge in [0.2, 0.25) is 0 Å². The van der Waals surface area contributed by atoms with Crippen LogP contribution in [-0.2, 0) is 0 Å². The monoisotopic (exact) mass is 208 g/mol. The molecule has 0 fully saturated rings. The third-order valence-corrected chi connectivity index (χ3v) is 2.89. The van der Waals surface area contributed by atoms with Crippen molar-refractivity contribution in [2.45, 2.75) is 41.5 Å². The Balaban J connectivity index is 0.000000921. The molecule has 0 aromatic heterocycles. The fraction of sp³-hybridized carbons (Fsp3) is 0.538. The highest BCUT2D eigenvalue weighted by Gasteiger charge is 2.14. The van der Waals surface area contributed by atoms with Crippen LogP contribution in [0.2, 0.25) is 0 Å². The van der Waals surface area contributed by atoms with Crippen LogP contribution >= 0.6 is 0 Å². The lowest BCUT2D eigenvalue weighted by atomic mass is 10.00. The molecule has 0 aromatic carbocycles. The molecule has 1 unspecified atom stereocenters. The van der Waals surface area contributed by atoms with Crippen LogP contribution in [0.15, 0.2) is 34.2 Å². The zero-order valence-corrected chi connectivity index (χ0v) is 10.8. The van der Waals surface area contributed by atoms with Gasteiger partial charge in [0.25, 0.3) is 0 Å². The quantitative estimate of drug-likeness (QED) is 0.643. The lowest BCUT2D eigenvalue weighted by Gasteiger charge is -2.09. The summed E-state index contributed by atoms with van der Waals surface area (Å²) in [7, 11) is 0. The molecular formula is C13H24N2. The maximum Gasteiger partial charge on any atom is 0.0579 e. The van der Waals surface area contributed by atoms with Gasteiger partial charge >= 0.3 is 0 Å². The molecule has 0 aromatic rings. The van der Waals surface area contributed by atoms with E-state index in [1.54, 1.807) is 0 Å². The van der Waals surface area contributed by atoms with Crippen molar-refractivity contribution < 1.29 is 0 Å². The van der Waals surface area contributed by atoms with Crippen molar-refractivity contribution in [2.75, 3.05) is 0 Å². The molecule has 1 atom stereocenters. The maximum atomic E-state index is 5.93. The average molecular weight is 208 g/mol. The number of allylic oxidation sites excluding steroid dienone is 4. The van der Waals surface area contributed by atoms with E-state index in [2.05, 4.69) is 19.9 Å². The van der Waals surface area contributed by atoms with Crippen LogP contribution in [0.1, 0.15) is 41.5 Å². The van der Waals surface area contributed by atoms with E-state index < -0.39 is 0 Å². The Morgan fingerprint density at radius 3 is 1.93 bits per heavy atom. The van der Waals surface area contributed by atoms with Gasteiger partial charge in [0, 0.05) is 0 Å². The molecule has 0 saturated heterocycles. The van der Waals surface area contributed by atoms with E-state index in [9.17, 15) is 0 Å². The Labute approximate surface area is 93.7 Å². The van der Waals surface area contributed by atoms with Crippen LogP contribution in [0.3, 0.4) is 0 Å². The molecule has 4 N–H and O–H groups in total. The first-order chi connectivity index (χ1) is 6.95. The summed E-state index contributed by atoms with van der Waals surface area (Å²) in [5, 5.41) is 0. The zero-order valence-electron chi connectivity index (χ0n) is 10.8. The minimum atomic E-state index is 0.385. The van der Waals surface area contributed by atoms with E-state index in [1.807, 2.05) is 27.7 Å². The summed E-state index contributed by atoms with van der Waals surface area (Å²) in [5.74, 6) is 0.385. The Morgan fingerprint density at radius 2 is 1.47 bits per heavy atom. The maximum absolute atomic E-state index is 5.93. The van der Waals surface area contributed by atoms with Gasteiger partial charge in [-0.25, -0.2) is 0 Å². The van der Waals surface area contributed by atoms with Gasteiger partial charge in [-0.3, -0.25) is 0 Å². The molecule has 0 aliphatic heterocycles. The summed E-state index contributed by atoms with van der Waals surface area (Å²) in [4.78, 5) is 0. The second-order valence-electron chi connectivity index (χ2n) is 3.77. The lowest BCUT2D eigenvalue weighted by molar-refractivity contribution is 0.841. The first-order valence-corrected chi connectivity index (χ1v) is 5.57. The lowest BCUT2D eigenvalue weighted by Crippen LogP contribution is -2.14. The van der Waals surface area contributed by atoms with Crippen LogP contribution in [0.4, 0.5) is 0 Å². The Bertz CT molecular complexity index is 319. The summed E-state index contributed by atoms with van der Waals surface area (Å²) in [5.41, 5.74) is 16.8. The van der Waals surface area contributed by atoms with Gasteiger partial charge in [0.15, 0.2) is 0 Å². The predicted molar refractivity (Wildman–Crippen MR) is 68.0 cm³/mol. The number of nitrogens with two attached hydrogens (primary N) is 2. The molecule has 2 nitrogen and oxygen atoms in total. The van der Waals surface area contributed by atoms with Gasteiger partial charge in [-0.1, -0.05) is 26.8 Å². The second-order valence-corrected chi connectivity index (χ2v) is 3.77. The van der Waals surface area contributed by atoms with E-state index >= 15 is 0 Å². The van der Waals surface area contributed by atoms with Crippen molar-refractivity contribution >= 4 is 0 Å². The molecule has 0 bridgehead atoms. The van der Waals surface area contributed by atoms with Gasteiger partial charge < -0.3 is 11.5 Å². The first kappa shape index (κ1) is 13.8. The summed E-state index contributed by atoms with van der Waals surface area (Å²) >= 11 is 0. The van der Waals surface area contributed by atoms with Gasteiger partial charge in [0.1, 0.15) is 0 Å². The zero-order chi connectivity index (χ0) is 12.2. The minimum absolute atomic E-state index is 0.385. The standard InChI is InChI=1S/C11H18N2.C2H6/c1-6-5-7(2)9(4)11(13)10(12)8(6)3;1-2/h5-6H,12-13H2,1-4H3;1-2H3. The van der Waals surface area contributed by atoms with Crippen molar-refractivity contribution in [3.05, 3.63) is 34.2 Å². The van der Waals surface area contributed by atoms with Crippen LogP contribution in [-0.4, -0.2) is 0 Å². The smallest absolute Gasteiger partial charge is 0.0579 e. The molecule has 0 saturated carbocycles. The van der Waals surface area contributed by atoms with E-state index in [-0.39, 0.29) is 0 Å². The number of hydrogen-bond acceptors (Lipinski definition) is 2. The van der Waals surface area contributed by atoms with Crippen LogP contribution in [0.25, 0.3) is 0 Å². The SMILES string of the molecule is CC.CC1=CC(C)C(C)=C(N)C(N)=C1C. The highest BCUT2D eigenvalue weighted by molar-refractivity contribution is 5.46. The summed E-state index contributed by atoms with van der Waals surface area (Å²) in [6, 6.07) is 0. The van der Waals surface area contributed by atoms with Crippen molar-refractivity contribution in [2.24, 2.45) is 17.4 Å². The number of rotatable bonds is 0. The fourth-order valence-electron chi connectivity index (χ4n) is 1.50. The van der Waals surface area contributed by atoms with E-state index in [0.29, 0.717) is 5.92 Å². The van der Waals surface area contributed by atoms with Gasteiger partial charge in [-0.05, 0) is 43.4 Å². The first-order valence-electron chi connectivity index (χ1n) is 5.57. The largest absolute Gasteiger partial charge is 0.397 e. The Morgan fingerprint density at radius 1 is 1.00 bits per heavy atom. The van der Waals surface area contributed by atoms with E-state index in [0.717, 1.165) is 22.5 Å². The molecule has 15 heavy (non-hydrogen) atoms. The molecule has 0 radical (unpaired) electrons. The third-order valence-electron chi connectivity index (χ3n) is 2.89. The molecular weight excluding hydrogens is 184 g/mol. The highest BCUT2D eigenvalue weighted by atomic mass is 14.7. The normalized spacial score (nSPS) is 21.7. The van der Waals surface area contributed by atoms with Crippen molar-refractivity contribution in [3.63, 3.8) is 0 Å². The van der Waals surface area contributed by atoms with Crippen molar-refractivity contribution in [1.82, 2.24) is 0 Å². The van der Waals surface area contributed by atoms with Crippen LogP contribution in [0.5, 0.6) is 0 Å². The van der Waals surface area contributed by atoms with Crippen LogP contribution < -0.4 is 11.5 Å². The molecule has 86 valence electrons. The fourth-order valence-corrected chi connectivity index (χ4v) is 1.50. The van der Waals surface area contributed by atoms with E-state index in [4.69, 9.17) is 11.5 Å². The van der Waals surface area contributed by atoms with Gasteiger partial charge in [-0.15, -0.1) is 0 Å². The van der Waals surface area contributed by atoms with Crippen molar-refractivity contribution in [1.29, 1.82) is 0 Å². The molecule has 0 amide bonds. The molecule has 1 aliphatic rings. The van der Waals surface area contributed by atoms with Gasteiger partial charge in [-0.2, -0.15) is 0 Å². The second kappa shape index (κ2) is 5.64. The molecule has 0 spiro atoms.